The van der Waals surface area contributed by atoms with Gasteiger partial charge in [-0.05, 0) is 31.6 Å². The summed E-state index contributed by atoms with van der Waals surface area (Å²) in [5.41, 5.74) is 0.379. The number of ether oxygens (including phenoxy) is 1. The molecule has 2 saturated carbocycles. The van der Waals surface area contributed by atoms with Gasteiger partial charge in [0.2, 0.25) is 0 Å². The van der Waals surface area contributed by atoms with Gasteiger partial charge in [0, 0.05) is 13.1 Å². The van der Waals surface area contributed by atoms with Crippen LogP contribution in [0.3, 0.4) is 0 Å². The Morgan fingerprint density at radius 1 is 1.00 bits per heavy atom. The van der Waals surface area contributed by atoms with Gasteiger partial charge in [0.05, 0.1) is 11.2 Å². The molecule has 1 saturated heterocycles. The van der Waals surface area contributed by atoms with Crippen LogP contribution in [-0.2, 0) is 4.74 Å². The maximum atomic E-state index is 6.88. The fourth-order valence-corrected chi connectivity index (χ4v) is 4.71. The molecule has 0 aromatic carbocycles. The Morgan fingerprint density at radius 2 is 1.78 bits per heavy atom. The van der Waals surface area contributed by atoms with Crippen molar-refractivity contribution in [2.75, 3.05) is 13.1 Å². The van der Waals surface area contributed by atoms with E-state index in [1.54, 1.807) is 0 Å². The van der Waals surface area contributed by atoms with Crippen LogP contribution in [0.1, 0.15) is 71.1 Å². The molecule has 3 fully saturated rings. The third kappa shape index (κ3) is 2.22. The summed E-state index contributed by atoms with van der Waals surface area (Å²) in [6.07, 6.45) is 13.5. The normalized spacial score (nSPS) is 40.2. The van der Waals surface area contributed by atoms with E-state index in [2.05, 4.69) is 12.2 Å². The van der Waals surface area contributed by atoms with E-state index in [4.69, 9.17) is 4.74 Å². The Labute approximate surface area is 112 Å². The number of hydrogen-bond donors (Lipinski definition) is 1. The molecule has 2 heteroatoms. The summed E-state index contributed by atoms with van der Waals surface area (Å²) in [5.74, 6) is 0.790. The highest BCUT2D eigenvalue weighted by molar-refractivity contribution is 5.02. The lowest BCUT2D eigenvalue weighted by molar-refractivity contribution is -0.224. The van der Waals surface area contributed by atoms with Crippen LogP contribution >= 0.6 is 0 Å². The zero-order valence-electron chi connectivity index (χ0n) is 12.0. The van der Waals surface area contributed by atoms with Gasteiger partial charge >= 0.3 is 0 Å². The van der Waals surface area contributed by atoms with Crippen LogP contribution in [0.5, 0.6) is 0 Å². The average molecular weight is 251 g/mol. The van der Waals surface area contributed by atoms with E-state index in [0.717, 1.165) is 19.0 Å². The van der Waals surface area contributed by atoms with E-state index in [-0.39, 0.29) is 11.2 Å². The standard InChI is InChI=1S/C16H29NO/c1-2-14-8-4-7-11-16(14)13-17-12-15(18-16)9-5-3-6-10-15/h14,17H,2-13H2,1H3. The quantitative estimate of drug-likeness (QED) is 0.768. The SMILES string of the molecule is CCC1CCCCC12CNCC1(CCCCC1)O2. The lowest BCUT2D eigenvalue weighted by atomic mass is 9.71. The van der Waals surface area contributed by atoms with Crippen LogP contribution in [-0.4, -0.2) is 24.3 Å². The third-order valence-electron chi connectivity index (χ3n) is 5.70. The van der Waals surface area contributed by atoms with Crippen molar-refractivity contribution in [2.45, 2.75) is 82.3 Å². The predicted molar refractivity (Wildman–Crippen MR) is 74.8 cm³/mol. The molecule has 2 atom stereocenters. The van der Waals surface area contributed by atoms with Crippen molar-refractivity contribution in [1.82, 2.24) is 5.32 Å². The van der Waals surface area contributed by atoms with Gasteiger partial charge in [0.1, 0.15) is 0 Å². The van der Waals surface area contributed by atoms with Crippen molar-refractivity contribution in [3.05, 3.63) is 0 Å². The summed E-state index contributed by atoms with van der Waals surface area (Å²) in [6, 6.07) is 0. The molecule has 1 N–H and O–H groups in total. The highest BCUT2D eigenvalue weighted by Gasteiger charge is 2.50. The first kappa shape index (κ1) is 12.9. The molecule has 0 aromatic heterocycles. The van der Waals surface area contributed by atoms with E-state index in [1.807, 2.05) is 0 Å². The Morgan fingerprint density at radius 3 is 2.56 bits per heavy atom. The van der Waals surface area contributed by atoms with Crippen molar-refractivity contribution in [2.24, 2.45) is 5.92 Å². The first-order valence-electron chi connectivity index (χ1n) is 8.20. The predicted octanol–water partition coefficient (Wildman–Crippen LogP) is 3.65. The van der Waals surface area contributed by atoms with E-state index >= 15 is 0 Å². The number of nitrogens with one attached hydrogen (secondary N) is 1. The summed E-state index contributed by atoms with van der Waals surface area (Å²) in [4.78, 5) is 0. The van der Waals surface area contributed by atoms with E-state index in [9.17, 15) is 0 Å². The van der Waals surface area contributed by atoms with E-state index in [0.29, 0.717) is 0 Å². The molecule has 104 valence electrons. The van der Waals surface area contributed by atoms with Gasteiger partial charge in [-0.15, -0.1) is 0 Å². The van der Waals surface area contributed by atoms with Crippen LogP contribution in [0, 0.1) is 5.92 Å². The molecule has 18 heavy (non-hydrogen) atoms. The minimum atomic E-state index is 0.183. The molecule has 3 rings (SSSR count). The summed E-state index contributed by atoms with van der Waals surface area (Å²) in [5, 5.41) is 3.75. The Balaban J connectivity index is 1.78. The summed E-state index contributed by atoms with van der Waals surface area (Å²) < 4.78 is 6.88. The van der Waals surface area contributed by atoms with Crippen LogP contribution in [0.15, 0.2) is 0 Å². The third-order valence-corrected chi connectivity index (χ3v) is 5.70. The first-order valence-corrected chi connectivity index (χ1v) is 8.20. The van der Waals surface area contributed by atoms with Gasteiger partial charge in [0.15, 0.2) is 0 Å². The highest BCUT2D eigenvalue weighted by Crippen LogP contribution is 2.46. The van der Waals surface area contributed by atoms with Gasteiger partial charge in [-0.2, -0.15) is 0 Å². The molecule has 1 heterocycles. The highest BCUT2D eigenvalue weighted by atomic mass is 16.5. The summed E-state index contributed by atoms with van der Waals surface area (Å²) >= 11 is 0. The zero-order valence-corrected chi connectivity index (χ0v) is 12.0. The minimum absolute atomic E-state index is 0.183. The van der Waals surface area contributed by atoms with Gasteiger partial charge in [-0.25, -0.2) is 0 Å². The van der Waals surface area contributed by atoms with Crippen molar-refractivity contribution >= 4 is 0 Å². The Bertz CT molecular complexity index is 275. The summed E-state index contributed by atoms with van der Waals surface area (Å²) in [7, 11) is 0. The van der Waals surface area contributed by atoms with Crippen molar-refractivity contribution < 1.29 is 4.74 Å². The molecule has 0 aromatic rings. The van der Waals surface area contributed by atoms with Gasteiger partial charge in [-0.1, -0.05) is 45.4 Å². The summed E-state index contributed by atoms with van der Waals surface area (Å²) in [6.45, 7) is 4.56. The molecule has 0 radical (unpaired) electrons. The number of hydrogen-bond acceptors (Lipinski definition) is 2. The lowest BCUT2D eigenvalue weighted by Gasteiger charge is -2.55. The lowest BCUT2D eigenvalue weighted by Crippen LogP contribution is -2.64. The smallest absolute Gasteiger partial charge is 0.0842 e. The van der Waals surface area contributed by atoms with Crippen molar-refractivity contribution in [3.8, 4) is 0 Å². The molecule has 2 unspecified atom stereocenters. The minimum Gasteiger partial charge on any atom is -0.366 e. The molecule has 0 bridgehead atoms. The largest absolute Gasteiger partial charge is 0.366 e. The second-order valence-electron chi connectivity index (χ2n) is 6.87. The second kappa shape index (κ2) is 5.13. The molecule has 2 spiro atoms. The maximum Gasteiger partial charge on any atom is 0.0842 e. The fraction of sp³-hybridized carbons (Fsp3) is 1.00. The van der Waals surface area contributed by atoms with E-state index in [1.165, 1.54) is 64.2 Å². The monoisotopic (exact) mass is 251 g/mol. The van der Waals surface area contributed by atoms with Gasteiger partial charge in [0.25, 0.3) is 0 Å². The van der Waals surface area contributed by atoms with E-state index < -0.39 is 0 Å². The van der Waals surface area contributed by atoms with Crippen molar-refractivity contribution in [3.63, 3.8) is 0 Å². The van der Waals surface area contributed by atoms with Gasteiger partial charge < -0.3 is 10.1 Å². The Kier molecular flexibility index (Phi) is 3.68. The maximum absolute atomic E-state index is 6.88. The Hall–Kier alpha value is -0.0800. The van der Waals surface area contributed by atoms with Crippen molar-refractivity contribution in [1.29, 1.82) is 0 Å². The molecule has 3 aliphatic rings. The molecule has 2 aliphatic carbocycles. The molecule has 1 aliphatic heterocycles. The number of morpholine rings is 1. The van der Waals surface area contributed by atoms with Crippen LogP contribution < -0.4 is 5.32 Å². The molecular formula is C16H29NO. The topological polar surface area (TPSA) is 21.3 Å². The fourth-order valence-electron chi connectivity index (χ4n) is 4.71. The average Bonchev–Trinajstić information content (AvgIpc) is 2.40. The van der Waals surface area contributed by atoms with Crippen LogP contribution in [0.25, 0.3) is 0 Å². The van der Waals surface area contributed by atoms with Crippen LogP contribution in [0.4, 0.5) is 0 Å². The van der Waals surface area contributed by atoms with Crippen LogP contribution in [0.2, 0.25) is 0 Å². The number of rotatable bonds is 1. The second-order valence-corrected chi connectivity index (χ2v) is 6.87. The molecular weight excluding hydrogens is 222 g/mol. The van der Waals surface area contributed by atoms with Gasteiger partial charge in [-0.3, -0.25) is 0 Å². The first-order chi connectivity index (χ1) is 8.79. The molecule has 0 amide bonds. The zero-order chi connectivity index (χ0) is 12.5. The molecule has 2 nitrogen and oxygen atoms in total.